The lowest BCUT2D eigenvalue weighted by molar-refractivity contribution is -0.274. The van der Waals surface area contributed by atoms with Crippen molar-refractivity contribution in [2.24, 2.45) is 5.92 Å². The van der Waals surface area contributed by atoms with E-state index in [-0.39, 0.29) is 29.7 Å². The zero-order valence-electron chi connectivity index (χ0n) is 11.2. The fourth-order valence-electron chi connectivity index (χ4n) is 1.54. The molecule has 120 valence electrons. The van der Waals surface area contributed by atoms with Crippen molar-refractivity contribution >= 4 is 21.6 Å². The van der Waals surface area contributed by atoms with Crippen LogP contribution in [-0.4, -0.2) is 26.4 Å². The van der Waals surface area contributed by atoms with Crippen LogP contribution in [0.25, 0.3) is 0 Å². The van der Waals surface area contributed by atoms with Crippen molar-refractivity contribution in [1.82, 2.24) is 4.72 Å². The second kappa shape index (κ2) is 7.33. The van der Waals surface area contributed by atoms with Gasteiger partial charge in [-0.3, -0.25) is 0 Å². The number of rotatable bonds is 7. The Morgan fingerprint density at radius 1 is 1.33 bits per heavy atom. The summed E-state index contributed by atoms with van der Waals surface area (Å²) in [7, 11) is -3.62. The van der Waals surface area contributed by atoms with Crippen molar-refractivity contribution in [2.75, 3.05) is 11.6 Å². The van der Waals surface area contributed by atoms with Crippen LogP contribution in [0, 0.1) is 5.92 Å². The molecule has 21 heavy (non-hydrogen) atoms. The smallest absolute Gasteiger partial charge is 0.405 e. The van der Waals surface area contributed by atoms with Gasteiger partial charge in [-0.15, -0.1) is 24.8 Å². The summed E-state index contributed by atoms with van der Waals surface area (Å²) in [6, 6.07) is 5.34. The van der Waals surface area contributed by atoms with Crippen molar-refractivity contribution < 1.29 is 26.3 Å². The van der Waals surface area contributed by atoms with Crippen LogP contribution in [0.2, 0.25) is 0 Å². The summed E-state index contributed by atoms with van der Waals surface area (Å²) in [6.07, 6.45) is -4.83. The van der Waals surface area contributed by atoms with Gasteiger partial charge in [0.25, 0.3) is 0 Å². The molecule has 0 amide bonds. The monoisotopic (exact) mass is 345 g/mol. The van der Waals surface area contributed by atoms with Gasteiger partial charge in [-0.1, -0.05) is 25.1 Å². The largest absolute Gasteiger partial charge is 0.573 e. The van der Waals surface area contributed by atoms with Crippen LogP contribution < -0.4 is 9.46 Å². The Morgan fingerprint density at radius 3 is 2.52 bits per heavy atom. The van der Waals surface area contributed by atoms with E-state index < -0.39 is 22.1 Å². The molecule has 0 saturated carbocycles. The van der Waals surface area contributed by atoms with Gasteiger partial charge in [0.1, 0.15) is 5.75 Å². The highest BCUT2D eigenvalue weighted by atomic mass is 35.5. The summed E-state index contributed by atoms with van der Waals surface area (Å²) in [5.41, 5.74) is 0.0944. The molecular formula is C12H15ClF3NO3S. The molecule has 0 fully saturated rings. The van der Waals surface area contributed by atoms with E-state index >= 15 is 0 Å². The van der Waals surface area contributed by atoms with E-state index in [9.17, 15) is 21.6 Å². The minimum Gasteiger partial charge on any atom is -0.405 e. The van der Waals surface area contributed by atoms with Crippen molar-refractivity contribution in [3.05, 3.63) is 29.8 Å². The van der Waals surface area contributed by atoms with Gasteiger partial charge in [0, 0.05) is 18.0 Å². The molecule has 1 rings (SSSR count). The number of benzene rings is 1. The molecule has 1 aromatic carbocycles. The fourth-order valence-corrected chi connectivity index (χ4v) is 3.14. The van der Waals surface area contributed by atoms with E-state index in [1.165, 1.54) is 18.2 Å². The molecular weight excluding hydrogens is 331 g/mol. The second-order valence-electron chi connectivity index (χ2n) is 4.52. The Labute approximate surface area is 126 Å². The van der Waals surface area contributed by atoms with Crippen LogP contribution in [0.3, 0.4) is 0 Å². The third kappa shape index (κ3) is 7.01. The summed E-state index contributed by atoms with van der Waals surface area (Å²) < 4.78 is 66.3. The van der Waals surface area contributed by atoms with Crippen molar-refractivity contribution in [1.29, 1.82) is 0 Å². The van der Waals surface area contributed by atoms with E-state index in [0.717, 1.165) is 6.07 Å². The van der Waals surface area contributed by atoms with Gasteiger partial charge in [0.05, 0.1) is 5.75 Å². The first-order valence-electron chi connectivity index (χ1n) is 6.00. The summed E-state index contributed by atoms with van der Waals surface area (Å²) in [5, 5.41) is 0. The maximum atomic E-state index is 12.2. The van der Waals surface area contributed by atoms with Gasteiger partial charge in [0.2, 0.25) is 10.0 Å². The summed E-state index contributed by atoms with van der Waals surface area (Å²) in [4.78, 5) is 0. The van der Waals surface area contributed by atoms with Crippen LogP contribution in [-0.2, 0) is 16.6 Å². The van der Waals surface area contributed by atoms with E-state index in [1.807, 2.05) is 0 Å². The third-order valence-corrected chi connectivity index (χ3v) is 4.57. The minimum atomic E-state index is -4.83. The Morgan fingerprint density at radius 2 is 1.95 bits per heavy atom. The molecule has 1 aromatic rings. The number of para-hydroxylation sites is 1. The first-order valence-corrected chi connectivity index (χ1v) is 8.18. The zero-order valence-corrected chi connectivity index (χ0v) is 12.7. The molecule has 1 N–H and O–H groups in total. The number of nitrogens with one attached hydrogen (secondary N) is 1. The molecule has 1 atom stereocenters. The molecule has 0 heterocycles. The number of hydrogen-bond donors (Lipinski definition) is 1. The summed E-state index contributed by atoms with van der Waals surface area (Å²) in [5.74, 6) is -0.711. The van der Waals surface area contributed by atoms with Crippen LogP contribution in [0.4, 0.5) is 13.2 Å². The predicted molar refractivity (Wildman–Crippen MR) is 73.6 cm³/mol. The minimum absolute atomic E-state index is 0.0944. The Kier molecular flexibility index (Phi) is 6.30. The number of hydrogen-bond acceptors (Lipinski definition) is 3. The topological polar surface area (TPSA) is 55.4 Å². The fraction of sp³-hybridized carbons (Fsp3) is 0.500. The highest BCUT2D eigenvalue weighted by Gasteiger charge is 2.32. The molecule has 1 unspecified atom stereocenters. The zero-order chi connectivity index (χ0) is 16.1. The Hall–Kier alpha value is -0.990. The number of ether oxygens (including phenoxy) is 1. The molecule has 0 aromatic heterocycles. The molecule has 0 aliphatic rings. The summed E-state index contributed by atoms with van der Waals surface area (Å²) in [6.45, 7) is 1.37. The highest BCUT2D eigenvalue weighted by molar-refractivity contribution is 7.89. The Bertz CT molecular complexity index is 563. The first kappa shape index (κ1) is 18.1. The van der Waals surface area contributed by atoms with E-state index in [4.69, 9.17) is 11.6 Å². The van der Waals surface area contributed by atoms with E-state index in [2.05, 4.69) is 9.46 Å². The number of sulfonamides is 1. The average molecular weight is 346 g/mol. The van der Waals surface area contributed by atoms with Gasteiger partial charge in [-0.2, -0.15) is 0 Å². The lowest BCUT2D eigenvalue weighted by atomic mass is 10.2. The molecule has 0 saturated heterocycles. The summed E-state index contributed by atoms with van der Waals surface area (Å²) >= 11 is 5.54. The van der Waals surface area contributed by atoms with Crippen molar-refractivity contribution in [2.45, 2.75) is 19.8 Å². The first-order chi connectivity index (χ1) is 9.63. The van der Waals surface area contributed by atoms with Gasteiger partial charge < -0.3 is 4.74 Å². The number of halogens is 4. The third-order valence-electron chi connectivity index (χ3n) is 2.45. The molecule has 0 bridgehead atoms. The standard InChI is InChI=1S/C12H15ClF3NO3S/c1-9(6-13)8-21(18,19)17-7-10-4-2-3-5-11(10)20-12(14,15)16/h2-5,9,17H,6-8H2,1H3. The average Bonchev–Trinajstić information content (AvgIpc) is 2.35. The van der Waals surface area contributed by atoms with Crippen molar-refractivity contribution in [3.8, 4) is 5.75 Å². The highest BCUT2D eigenvalue weighted by Crippen LogP contribution is 2.26. The normalized spacial score (nSPS) is 14.0. The van der Waals surface area contributed by atoms with Crippen LogP contribution in [0.5, 0.6) is 5.75 Å². The predicted octanol–water partition coefficient (Wildman–Crippen LogP) is 2.88. The maximum absolute atomic E-state index is 12.2. The molecule has 0 aliphatic carbocycles. The quantitative estimate of drug-likeness (QED) is 0.773. The Balaban J connectivity index is 2.76. The van der Waals surface area contributed by atoms with Gasteiger partial charge in [0.15, 0.2) is 0 Å². The van der Waals surface area contributed by atoms with Gasteiger partial charge in [-0.25, -0.2) is 13.1 Å². The van der Waals surface area contributed by atoms with E-state index in [0.29, 0.717) is 0 Å². The number of alkyl halides is 4. The lowest BCUT2D eigenvalue weighted by Crippen LogP contribution is -2.29. The molecule has 0 aliphatic heterocycles. The molecule has 9 heteroatoms. The van der Waals surface area contributed by atoms with Crippen molar-refractivity contribution in [3.63, 3.8) is 0 Å². The van der Waals surface area contributed by atoms with Crippen LogP contribution in [0.15, 0.2) is 24.3 Å². The maximum Gasteiger partial charge on any atom is 0.573 e. The van der Waals surface area contributed by atoms with E-state index in [1.54, 1.807) is 6.92 Å². The molecule has 0 spiro atoms. The van der Waals surface area contributed by atoms with Crippen LogP contribution in [0.1, 0.15) is 12.5 Å². The lowest BCUT2D eigenvalue weighted by Gasteiger charge is -2.14. The molecule has 0 radical (unpaired) electrons. The van der Waals surface area contributed by atoms with Gasteiger partial charge in [-0.05, 0) is 12.0 Å². The van der Waals surface area contributed by atoms with Crippen LogP contribution >= 0.6 is 11.6 Å². The molecule has 4 nitrogen and oxygen atoms in total. The second-order valence-corrected chi connectivity index (χ2v) is 6.68. The SMILES string of the molecule is CC(CCl)CS(=O)(=O)NCc1ccccc1OC(F)(F)F. The van der Waals surface area contributed by atoms with Gasteiger partial charge >= 0.3 is 6.36 Å².